The van der Waals surface area contributed by atoms with Crippen LogP contribution in [0.15, 0.2) is 12.2 Å². The van der Waals surface area contributed by atoms with Crippen molar-refractivity contribution in [1.29, 1.82) is 0 Å². The Balaban J connectivity index is 1.92. The number of carbonyl (C=O) groups is 2. The van der Waals surface area contributed by atoms with E-state index in [-0.39, 0.29) is 28.1 Å². The smallest absolute Gasteiger partial charge is 0.246 e. The maximum absolute atomic E-state index is 12.8. The average molecular weight is 441 g/mol. The molecule has 0 aromatic rings. The van der Waals surface area contributed by atoms with Crippen molar-refractivity contribution >= 4 is 11.8 Å². The first-order valence-corrected chi connectivity index (χ1v) is 11.4. The molecule has 0 bridgehead atoms. The second-order valence-corrected chi connectivity index (χ2v) is 10.1. The van der Waals surface area contributed by atoms with E-state index in [0.717, 1.165) is 19.3 Å². The summed E-state index contributed by atoms with van der Waals surface area (Å²) in [4.78, 5) is 24.0. The summed E-state index contributed by atoms with van der Waals surface area (Å²) in [5.74, 6) is 0.0536. The highest BCUT2D eigenvalue weighted by Crippen LogP contribution is 2.71. The second kappa shape index (κ2) is 12.6. The Morgan fingerprint density at radius 1 is 0.871 bits per heavy atom. The maximum atomic E-state index is 12.8. The molecule has 0 radical (unpaired) electrons. The van der Waals surface area contributed by atoms with E-state index >= 15 is 0 Å². The summed E-state index contributed by atoms with van der Waals surface area (Å²) in [5, 5.41) is 5.86. The standard InChI is InChI=1S/C24H44N2O5/c1-19(2)20(27)25-10-8-12-29-14-16-31-17-15-30-13-9-11-26-21(28)24(22(3,4)5)18-23(24,6)7/h1,8-18H2,2-7H3,(H,25,27)(H,26,28). The van der Waals surface area contributed by atoms with Crippen molar-refractivity contribution < 1.29 is 23.8 Å². The van der Waals surface area contributed by atoms with Crippen molar-refractivity contribution in [3.8, 4) is 0 Å². The van der Waals surface area contributed by atoms with Crippen molar-refractivity contribution in [2.45, 2.75) is 60.8 Å². The van der Waals surface area contributed by atoms with Gasteiger partial charge in [-0.3, -0.25) is 9.59 Å². The molecule has 7 nitrogen and oxygen atoms in total. The number of hydrogen-bond acceptors (Lipinski definition) is 5. The summed E-state index contributed by atoms with van der Waals surface area (Å²) in [6, 6.07) is 0. The highest BCUT2D eigenvalue weighted by atomic mass is 16.5. The van der Waals surface area contributed by atoms with E-state index in [2.05, 4.69) is 51.8 Å². The van der Waals surface area contributed by atoms with Crippen LogP contribution in [-0.2, 0) is 23.8 Å². The SMILES string of the molecule is C=C(C)C(=O)NCCCOCCOCCOCCCNC(=O)C1(C(C)(C)C)CC1(C)C. The van der Waals surface area contributed by atoms with Crippen LogP contribution in [0.3, 0.4) is 0 Å². The average Bonchev–Trinajstić information content (AvgIpc) is 3.28. The first kappa shape index (κ1) is 27.6. The Morgan fingerprint density at radius 3 is 1.68 bits per heavy atom. The number of rotatable bonds is 16. The zero-order valence-corrected chi connectivity index (χ0v) is 20.5. The largest absolute Gasteiger partial charge is 0.379 e. The topological polar surface area (TPSA) is 85.9 Å². The van der Waals surface area contributed by atoms with Gasteiger partial charge in [0.05, 0.1) is 31.8 Å². The Kier molecular flexibility index (Phi) is 11.2. The molecule has 2 N–H and O–H groups in total. The van der Waals surface area contributed by atoms with Crippen LogP contribution in [0.1, 0.15) is 60.8 Å². The molecule has 0 aromatic carbocycles. The number of ether oxygens (including phenoxy) is 3. The Hall–Kier alpha value is -1.44. The summed E-state index contributed by atoms with van der Waals surface area (Å²) >= 11 is 0. The van der Waals surface area contributed by atoms with Crippen molar-refractivity contribution in [3.05, 3.63) is 12.2 Å². The molecular formula is C24H44N2O5. The van der Waals surface area contributed by atoms with Crippen LogP contribution in [0.4, 0.5) is 0 Å². The van der Waals surface area contributed by atoms with E-state index in [1.54, 1.807) is 6.92 Å². The minimum Gasteiger partial charge on any atom is -0.379 e. The molecule has 0 spiro atoms. The van der Waals surface area contributed by atoms with Crippen LogP contribution in [-0.4, -0.2) is 64.5 Å². The fourth-order valence-electron chi connectivity index (χ4n) is 4.22. The van der Waals surface area contributed by atoms with Gasteiger partial charge in [0, 0.05) is 31.9 Å². The van der Waals surface area contributed by atoms with Crippen LogP contribution in [0, 0.1) is 16.2 Å². The van der Waals surface area contributed by atoms with Crippen molar-refractivity contribution in [3.63, 3.8) is 0 Å². The van der Waals surface area contributed by atoms with Gasteiger partial charge in [0.25, 0.3) is 0 Å². The minimum absolute atomic E-state index is 0.0430. The molecule has 2 amide bonds. The van der Waals surface area contributed by atoms with Crippen LogP contribution < -0.4 is 10.6 Å². The minimum atomic E-state index is -0.269. The molecule has 1 aliphatic carbocycles. The molecule has 0 aliphatic heterocycles. The third-order valence-corrected chi connectivity index (χ3v) is 6.04. The maximum Gasteiger partial charge on any atom is 0.246 e. The molecule has 1 unspecified atom stereocenters. The molecule has 1 aliphatic rings. The van der Waals surface area contributed by atoms with Crippen LogP contribution in [0.5, 0.6) is 0 Å². The van der Waals surface area contributed by atoms with E-state index in [1.165, 1.54) is 0 Å². The van der Waals surface area contributed by atoms with Gasteiger partial charge in [-0.05, 0) is 37.0 Å². The number of amides is 2. The predicted octanol–water partition coefficient (Wildman–Crippen LogP) is 3.09. The predicted molar refractivity (Wildman–Crippen MR) is 123 cm³/mol. The Labute approximate surface area is 188 Å². The number of hydrogen-bond donors (Lipinski definition) is 2. The van der Waals surface area contributed by atoms with Gasteiger partial charge >= 0.3 is 0 Å². The molecule has 0 aromatic heterocycles. The first-order valence-electron chi connectivity index (χ1n) is 11.4. The van der Waals surface area contributed by atoms with Gasteiger partial charge in [-0.2, -0.15) is 0 Å². The van der Waals surface area contributed by atoms with Gasteiger partial charge in [-0.1, -0.05) is 41.2 Å². The van der Waals surface area contributed by atoms with Crippen LogP contribution in [0.25, 0.3) is 0 Å². The highest BCUT2D eigenvalue weighted by molar-refractivity contribution is 5.92. The summed E-state index contributed by atoms with van der Waals surface area (Å²) in [6.45, 7) is 20.6. The zero-order chi connectivity index (χ0) is 23.5. The van der Waals surface area contributed by atoms with Gasteiger partial charge in [0.15, 0.2) is 0 Å². The van der Waals surface area contributed by atoms with Gasteiger partial charge in [0.2, 0.25) is 11.8 Å². The fourth-order valence-corrected chi connectivity index (χ4v) is 4.22. The monoisotopic (exact) mass is 440 g/mol. The summed E-state index contributed by atoms with van der Waals surface area (Å²) in [7, 11) is 0. The molecule has 0 heterocycles. The normalized spacial score (nSPS) is 19.7. The van der Waals surface area contributed by atoms with Gasteiger partial charge in [-0.25, -0.2) is 0 Å². The number of nitrogens with one attached hydrogen (secondary N) is 2. The molecule has 1 fully saturated rings. The fraction of sp³-hybridized carbons (Fsp3) is 0.833. The Morgan fingerprint density at radius 2 is 1.29 bits per heavy atom. The molecule has 1 atom stereocenters. The quantitative estimate of drug-likeness (QED) is 0.285. The number of carbonyl (C=O) groups excluding carboxylic acids is 2. The van der Waals surface area contributed by atoms with E-state index in [4.69, 9.17) is 14.2 Å². The lowest BCUT2D eigenvalue weighted by atomic mass is 9.72. The van der Waals surface area contributed by atoms with E-state index in [1.807, 2.05) is 0 Å². The van der Waals surface area contributed by atoms with Crippen LogP contribution in [0.2, 0.25) is 0 Å². The summed E-state index contributed by atoms with van der Waals surface area (Å²) in [5.41, 5.74) is 0.263. The molecule has 31 heavy (non-hydrogen) atoms. The second-order valence-electron chi connectivity index (χ2n) is 10.1. The third kappa shape index (κ3) is 8.54. The lowest BCUT2D eigenvalue weighted by molar-refractivity contribution is -0.132. The Bertz CT molecular complexity index is 597. The first-order chi connectivity index (χ1) is 14.5. The summed E-state index contributed by atoms with van der Waals surface area (Å²) < 4.78 is 16.5. The lowest BCUT2D eigenvalue weighted by Gasteiger charge is -2.33. The van der Waals surface area contributed by atoms with Crippen molar-refractivity contribution in [1.82, 2.24) is 10.6 Å². The van der Waals surface area contributed by atoms with E-state index < -0.39 is 0 Å². The van der Waals surface area contributed by atoms with Crippen LogP contribution >= 0.6 is 0 Å². The molecule has 1 rings (SSSR count). The van der Waals surface area contributed by atoms with Gasteiger partial charge in [0.1, 0.15) is 0 Å². The van der Waals surface area contributed by atoms with Gasteiger partial charge in [-0.15, -0.1) is 0 Å². The van der Waals surface area contributed by atoms with E-state index in [9.17, 15) is 9.59 Å². The summed E-state index contributed by atoms with van der Waals surface area (Å²) in [6.07, 6.45) is 2.49. The molecule has 7 heteroatoms. The lowest BCUT2D eigenvalue weighted by Crippen LogP contribution is -2.43. The molecular weight excluding hydrogens is 396 g/mol. The molecule has 1 saturated carbocycles. The van der Waals surface area contributed by atoms with Crippen molar-refractivity contribution in [2.75, 3.05) is 52.7 Å². The van der Waals surface area contributed by atoms with Crippen molar-refractivity contribution in [2.24, 2.45) is 16.2 Å². The molecule has 0 saturated heterocycles. The third-order valence-electron chi connectivity index (χ3n) is 6.04. The van der Waals surface area contributed by atoms with Gasteiger partial charge < -0.3 is 24.8 Å². The molecule has 180 valence electrons. The zero-order valence-electron chi connectivity index (χ0n) is 20.5. The highest BCUT2D eigenvalue weighted by Gasteiger charge is 2.71. The van der Waals surface area contributed by atoms with E-state index in [0.29, 0.717) is 58.3 Å².